The Balaban J connectivity index is 3.72. The van der Waals surface area contributed by atoms with E-state index in [2.05, 4.69) is 19.1 Å². The zero-order valence-electron chi connectivity index (χ0n) is 18.6. The number of allylic oxidation sites excluding steroid dienone is 2. The molecule has 1 N–H and O–H groups in total. The van der Waals surface area contributed by atoms with Crippen LogP contribution in [-0.4, -0.2) is 23.7 Å². The predicted molar refractivity (Wildman–Crippen MR) is 116 cm³/mol. The summed E-state index contributed by atoms with van der Waals surface area (Å²) in [5.74, 6) is -0.792. The van der Waals surface area contributed by atoms with Gasteiger partial charge in [-0.15, -0.1) is 0 Å². The van der Waals surface area contributed by atoms with E-state index in [9.17, 15) is 14.7 Å². The second-order valence-corrected chi connectivity index (χ2v) is 7.78. The first-order valence-electron chi connectivity index (χ1n) is 11.6. The van der Waals surface area contributed by atoms with Gasteiger partial charge in [0.2, 0.25) is 0 Å². The van der Waals surface area contributed by atoms with Crippen molar-refractivity contribution in [1.29, 1.82) is 0 Å². The van der Waals surface area contributed by atoms with Crippen molar-refractivity contribution in [3.05, 3.63) is 12.2 Å². The van der Waals surface area contributed by atoms with Gasteiger partial charge in [-0.2, -0.15) is 0 Å². The molecule has 0 rings (SSSR count). The first-order valence-corrected chi connectivity index (χ1v) is 11.6. The number of rotatable bonds is 19. The first kappa shape index (κ1) is 26.7. The molecule has 2 atom stereocenters. The molecule has 0 aliphatic carbocycles. The van der Waals surface area contributed by atoms with Crippen LogP contribution in [0.5, 0.6) is 0 Å². The van der Waals surface area contributed by atoms with E-state index >= 15 is 0 Å². The largest absolute Gasteiger partial charge is 0.481 e. The summed E-state index contributed by atoms with van der Waals surface area (Å²) in [7, 11) is 0. The molecule has 0 saturated heterocycles. The third kappa shape index (κ3) is 14.7. The minimum Gasteiger partial charge on any atom is -0.481 e. The fraction of sp³-hybridized carbons (Fsp3) is 0.833. The van der Waals surface area contributed by atoms with E-state index in [1.54, 1.807) is 0 Å². The van der Waals surface area contributed by atoms with E-state index in [1.807, 2.05) is 13.8 Å². The van der Waals surface area contributed by atoms with Crippen LogP contribution in [0.4, 0.5) is 0 Å². The minimum atomic E-state index is -0.621. The van der Waals surface area contributed by atoms with Crippen LogP contribution in [0, 0.1) is 11.8 Å². The van der Waals surface area contributed by atoms with Crippen molar-refractivity contribution in [3.63, 3.8) is 0 Å². The molecule has 0 bridgehead atoms. The highest BCUT2D eigenvalue weighted by atomic mass is 16.5. The Labute approximate surface area is 173 Å². The van der Waals surface area contributed by atoms with Crippen molar-refractivity contribution in [2.24, 2.45) is 11.8 Å². The Bertz CT molecular complexity index is 417. The van der Waals surface area contributed by atoms with Gasteiger partial charge in [0, 0.05) is 0 Å². The van der Waals surface area contributed by atoms with E-state index in [4.69, 9.17) is 4.74 Å². The summed E-state index contributed by atoms with van der Waals surface area (Å²) >= 11 is 0. The average molecular weight is 397 g/mol. The molecule has 0 amide bonds. The molecule has 164 valence electrons. The van der Waals surface area contributed by atoms with Crippen molar-refractivity contribution < 1.29 is 19.4 Å². The van der Waals surface area contributed by atoms with Gasteiger partial charge in [-0.1, -0.05) is 64.5 Å². The summed E-state index contributed by atoms with van der Waals surface area (Å²) in [5, 5.41) is 9.33. The maximum absolute atomic E-state index is 11.7. The van der Waals surface area contributed by atoms with Gasteiger partial charge in [0.15, 0.2) is 0 Å². The molecular formula is C24H44O4. The monoisotopic (exact) mass is 396 g/mol. The highest BCUT2D eigenvalue weighted by molar-refractivity contribution is 5.72. The molecule has 0 radical (unpaired) electrons. The van der Waals surface area contributed by atoms with Crippen molar-refractivity contribution in [2.75, 3.05) is 6.61 Å². The Kier molecular flexibility index (Phi) is 18.1. The fourth-order valence-electron chi connectivity index (χ4n) is 3.51. The summed E-state index contributed by atoms with van der Waals surface area (Å²) < 4.78 is 5.10. The third-order valence-corrected chi connectivity index (χ3v) is 5.38. The van der Waals surface area contributed by atoms with Crippen molar-refractivity contribution in [1.82, 2.24) is 0 Å². The molecule has 4 heteroatoms. The van der Waals surface area contributed by atoms with Crippen molar-refractivity contribution in [2.45, 2.75) is 111 Å². The second kappa shape index (κ2) is 19.0. The number of carbonyl (C=O) groups excluding carboxylic acids is 1. The molecule has 28 heavy (non-hydrogen) atoms. The fourth-order valence-corrected chi connectivity index (χ4v) is 3.51. The number of ether oxygens (including phenoxy) is 1. The molecule has 4 nitrogen and oxygen atoms in total. The van der Waals surface area contributed by atoms with Crippen molar-refractivity contribution in [3.8, 4) is 0 Å². The topological polar surface area (TPSA) is 63.6 Å². The zero-order valence-corrected chi connectivity index (χ0v) is 18.6. The summed E-state index contributed by atoms with van der Waals surface area (Å²) in [4.78, 5) is 23.1. The van der Waals surface area contributed by atoms with Crippen LogP contribution >= 0.6 is 0 Å². The lowest BCUT2D eigenvalue weighted by Crippen LogP contribution is -2.16. The van der Waals surface area contributed by atoms with Gasteiger partial charge in [-0.3, -0.25) is 9.59 Å². The summed E-state index contributed by atoms with van der Waals surface area (Å²) in [5.41, 5.74) is 0. The molecule has 0 spiro atoms. The lowest BCUT2D eigenvalue weighted by molar-refractivity contribution is -0.148. The van der Waals surface area contributed by atoms with Crippen LogP contribution in [0.2, 0.25) is 0 Å². The number of carboxylic acid groups (broad SMARTS) is 1. The quantitative estimate of drug-likeness (QED) is 0.146. The van der Waals surface area contributed by atoms with E-state index in [0.717, 1.165) is 77.0 Å². The third-order valence-electron chi connectivity index (χ3n) is 5.38. The maximum atomic E-state index is 11.7. The van der Waals surface area contributed by atoms with E-state index in [1.165, 1.54) is 12.8 Å². The van der Waals surface area contributed by atoms with Crippen LogP contribution in [-0.2, 0) is 14.3 Å². The van der Waals surface area contributed by atoms with Gasteiger partial charge in [-0.25, -0.2) is 0 Å². The molecule has 0 aromatic heterocycles. The van der Waals surface area contributed by atoms with E-state index in [0.29, 0.717) is 6.61 Å². The highest BCUT2D eigenvalue weighted by Crippen LogP contribution is 2.19. The number of carboxylic acids is 1. The second-order valence-electron chi connectivity index (χ2n) is 7.78. The van der Waals surface area contributed by atoms with Crippen LogP contribution < -0.4 is 0 Å². The Morgan fingerprint density at radius 1 is 0.786 bits per heavy atom. The van der Waals surface area contributed by atoms with Gasteiger partial charge in [0.05, 0.1) is 18.4 Å². The summed E-state index contributed by atoms with van der Waals surface area (Å²) in [6, 6.07) is 0. The number of hydrogen-bond acceptors (Lipinski definition) is 3. The van der Waals surface area contributed by atoms with Gasteiger partial charge in [0.25, 0.3) is 0 Å². The average Bonchev–Trinajstić information content (AvgIpc) is 2.67. The maximum Gasteiger partial charge on any atom is 0.308 e. The molecule has 0 aromatic rings. The molecule has 0 saturated carbocycles. The summed E-state index contributed by atoms with van der Waals surface area (Å²) in [6.45, 7) is 6.52. The number of esters is 1. The molecule has 0 fully saturated rings. The van der Waals surface area contributed by atoms with Gasteiger partial charge < -0.3 is 9.84 Å². The normalized spacial score (nSPS) is 13.5. The molecular weight excluding hydrogens is 352 g/mol. The first-order chi connectivity index (χ1) is 13.6. The van der Waals surface area contributed by atoms with Crippen LogP contribution in [0.15, 0.2) is 12.2 Å². The summed E-state index contributed by atoms with van der Waals surface area (Å²) in [6.07, 6.45) is 18.8. The van der Waals surface area contributed by atoms with Gasteiger partial charge in [-0.05, 0) is 58.3 Å². The molecule has 0 aliphatic rings. The van der Waals surface area contributed by atoms with E-state index < -0.39 is 5.97 Å². The standard InChI is InChI=1S/C24H44O4/c1-4-7-8-15-19-22(23(25)26)20-17-14-12-10-9-11-13-16-18-21(5-2)24(27)28-6-3/h9,11,21-22H,4-8,10,12-20H2,1-3H3,(H,25,26). The lowest BCUT2D eigenvalue weighted by Gasteiger charge is -2.12. The molecule has 0 heterocycles. The minimum absolute atomic E-state index is 0.0394. The number of hydrogen-bond donors (Lipinski definition) is 1. The van der Waals surface area contributed by atoms with Gasteiger partial charge >= 0.3 is 11.9 Å². The predicted octanol–water partition coefficient (Wildman–Crippen LogP) is 6.92. The highest BCUT2D eigenvalue weighted by Gasteiger charge is 2.17. The van der Waals surface area contributed by atoms with Crippen molar-refractivity contribution >= 4 is 11.9 Å². The van der Waals surface area contributed by atoms with Crippen LogP contribution in [0.1, 0.15) is 111 Å². The Hall–Kier alpha value is -1.32. The SMILES string of the molecule is CCCCCCC(CCCCCC=CCCCC(CC)C(=O)OCC)C(=O)O. The Morgan fingerprint density at radius 3 is 1.89 bits per heavy atom. The zero-order chi connectivity index (χ0) is 21.0. The van der Waals surface area contributed by atoms with Crippen LogP contribution in [0.3, 0.4) is 0 Å². The molecule has 0 aromatic carbocycles. The van der Waals surface area contributed by atoms with Gasteiger partial charge in [0.1, 0.15) is 0 Å². The number of carbonyl (C=O) groups is 2. The molecule has 2 unspecified atom stereocenters. The smallest absolute Gasteiger partial charge is 0.308 e. The number of unbranched alkanes of at least 4 members (excludes halogenated alkanes) is 7. The number of aliphatic carboxylic acids is 1. The molecule has 0 aliphatic heterocycles. The Morgan fingerprint density at radius 2 is 1.36 bits per heavy atom. The lowest BCUT2D eigenvalue weighted by atomic mass is 9.94. The van der Waals surface area contributed by atoms with Crippen LogP contribution in [0.25, 0.3) is 0 Å². The van der Waals surface area contributed by atoms with E-state index in [-0.39, 0.29) is 17.8 Å².